The summed E-state index contributed by atoms with van der Waals surface area (Å²) in [6.45, 7) is 4.49. The van der Waals surface area contributed by atoms with E-state index in [1.807, 2.05) is 0 Å². The highest BCUT2D eigenvalue weighted by molar-refractivity contribution is 7.79. The Labute approximate surface area is 120 Å². The first-order valence-corrected chi connectivity index (χ1v) is 7.89. The van der Waals surface area contributed by atoms with E-state index >= 15 is 0 Å². The van der Waals surface area contributed by atoms with Crippen molar-refractivity contribution >= 4 is 23.5 Å². The molecular weight excluding hydrogens is 250 g/mol. The quantitative estimate of drug-likeness (QED) is 0.783. The van der Waals surface area contributed by atoms with E-state index in [0.717, 1.165) is 12.2 Å². The van der Waals surface area contributed by atoms with Crippen molar-refractivity contribution in [2.24, 2.45) is 0 Å². The largest absolute Gasteiger partial charge is 0.252 e. The summed E-state index contributed by atoms with van der Waals surface area (Å²) in [5.74, 6) is 1.34. The summed E-state index contributed by atoms with van der Waals surface area (Å²) in [4.78, 5) is 5.01. The van der Waals surface area contributed by atoms with E-state index in [0.29, 0.717) is 5.92 Å². The van der Waals surface area contributed by atoms with Crippen LogP contribution in [0.2, 0.25) is 0 Å². The number of hydrogen-bond donors (Lipinski definition) is 1. The fourth-order valence-electron chi connectivity index (χ4n) is 3.21. The molecule has 0 amide bonds. The Morgan fingerprint density at radius 3 is 2.74 bits per heavy atom. The maximum Gasteiger partial charge on any atom is 0.0743 e. The minimum atomic E-state index is 0.519. The highest BCUT2D eigenvalue weighted by Gasteiger charge is 2.19. The summed E-state index contributed by atoms with van der Waals surface area (Å²) in [7, 11) is 0. The number of para-hydroxylation sites is 1. The number of aryl methyl sites for hydroxylation is 1. The molecule has 0 radical (unpaired) electrons. The van der Waals surface area contributed by atoms with Gasteiger partial charge in [0.15, 0.2) is 0 Å². The Morgan fingerprint density at radius 1 is 1.21 bits per heavy atom. The summed E-state index contributed by atoms with van der Waals surface area (Å²) >= 11 is 4.58. The van der Waals surface area contributed by atoms with E-state index in [2.05, 4.69) is 44.7 Å². The normalized spacial score (nSPS) is 14.9. The van der Waals surface area contributed by atoms with Crippen LogP contribution in [-0.4, -0.2) is 4.98 Å². The monoisotopic (exact) mass is 271 g/mol. The zero-order chi connectivity index (χ0) is 13.4. The number of nitrogens with zero attached hydrogens (tertiary/aromatic N) is 1. The summed E-state index contributed by atoms with van der Waals surface area (Å²) in [5, 5.41) is 1.32. The Hall–Kier alpha value is -1.02. The number of fused-ring (bicyclic) bond motifs is 2. The predicted octanol–water partition coefficient (Wildman–Crippen LogP) is 4.67. The van der Waals surface area contributed by atoms with E-state index in [1.165, 1.54) is 52.5 Å². The maximum absolute atomic E-state index is 5.01. The Morgan fingerprint density at radius 2 is 2.00 bits per heavy atom. The van der Waals surface area contributed by atoms with Crippen molar-refractivity contribution in [1.29, 1.82) is 0 Å². The molecule has 0 spiro atoms. The first-order valence-electron chi connectivity index (χ1n) is 7.26. The number of hydrogen-bond acceptors (Lipinski definition) is 2. The second kappa shape index (κ2) is 5.16. The van der Waals surface area contributed by atoms with Gasteiger partial charge in [-0.3, -0.25) is 4.98 Å². The molecule has 1 nitrogen and oxygen atoms in total. The standard InChI is InChI=1S/C17H21NS/c1-11(2)12-7-5-8-14-15(10-19)13-6-3-4-9-16(13)18-17(12)14/h5,7-8,11,19H,3-4,6,9-10H2,1-2H3. The molecule has 0 atom stereocenters. The Balaban J connectivity index is 2.36. The van der Waals surface area contributed by atoms with Crippen molar-refractivity contribution in [3.63, 3.8) is 0 Å². The predicted molar refractivity (Wildman–Crippen MR) is 85.2 cm³/mol. The van der Waals surface area contributed by atoms with E-state index < -0.39 is 0 Å². The highest BCUT2D eigenvalue weighted by Crippen LogP contribution is 2.33. The van der Waals surface area contributed by atoms with Crippen LogP contribution in [0.3, 0.4) is 0 Å². The average Bonchev–Trinajstić information content (AvgIpc) is 2.43. The molecule has 1 aliphatic rings. The molecule has 19 heavy (non-hydrogen) atoms. The van der Waals surface area contributed by atoms with Gasteiger partial charge in [0.1, 0.15) is 0 Å². The van der Waals surface area contributed by atoms with Crippen LogP contribution in [0, 0.1) is 0 Å². The van der Waals surface area contributed by atoms with Gasteiger partial charge >= 0.3 is 0 Å². The third kappa shape index (κ3) is 2.16. The van der Waals surface area contributed by atoms with Gasteiger partial charge in [-0.05, 0) is 48.3 Å². The molecule has 100 valence electrons. The van der Waals surface area contributed by atoms with Gasteiger partial charge in [0, 0.05) is 16.8 Å². The van der Waals surface area contributed by atoms with Gasteiger partial charge in [-0.1, -0.05) is 32.0 Å². The van der Waals surface area contributed by atoms with Gasteiger partial charge in [-0.15, -0.1) is 0 Å². The molecule has 1 aliphatic carbocycles. The van der Waals surface area contributed by atoms with Crippen molar-refractivity contribution in [3.8, 4) is 0 Å². The minimum absolute atomic E-state index is 0.519. The summed E-state index contributed by atoms with van der Waals surface area (Å²) in [5.41, 5.74) is 6.81. The maximum atomic E-state index is 5.01. The van der Waals surface area contributed by atoms with Crippen molar-refractivity contribution in [2.75, 3.05) is 0 Å². The van der Waals surface area contributed by atoms with Crippen molar-refractivity contribution < 1.29 is 0 Å². The van der Waals surface area contributed by atoms with Crippen LogP contribution in [0.4, 0.5) is 0 Å². The number of benzene rings is 1. The lowest BCUT2D eigenvalue weighted by Gasteiger charge is -2.21. The van der Waals surface area contributed by atoms with E-state index in [4.69, 9.17) is 4.98 Å². The van der Waals surface area contributed by atoms with Gasteiger partial charge in [0.2, 0.25) is 0 Å². The average molecular weight is 271 g/mol. The first kappa shape index (κ1) is 13.0. The number of pyridine rings is 1. The van der Waals surface area contributed by atoms with Gasteiger partial charge in [0.25, 0.3) is 0 Å². The molecule has 1 aromatic carbocycles. The van der Waals surface area contributed by atoms with Gasteiger partial charge in [-0.25, -0.2) is 0 Å². The van der Waals surface area contributed by atoms with Crippen molar-refractivity contribution in [3.05, 3.63) is 40.6 Å². The zero-order valence-electron chi connectivity index (χ0n) is 11.7. The fraction of sp³-hybridized carbons (Fsp3) is 0.471. The Kier molecular flexibility index (Phi) is 3.53. The SMILES string of the molecule is CC(C)c1cccc2c(CS)c3c(nc12)CCCC3. The topological polar surface area (TPSA) is 12.9 Å². The molecule has 1 heterocycles. The summed E-state index contributed by atoms with van der Waals surface area (Å²) in [6, 6.07) is 6.60. The number of aromatic nitrogens is 1. The highest BCUT2D eigenvalue weighted by atomic mass is 32.1. The first-order chi connectivity index (χ1) is 9.22. The number of thiol groups is 1. The Bertz CT molecular complexity index is 616. The lowest BCUT2D eigenvalue weighted by atomic mass is 9.88. The molecule has 0 unspecified atom stereocenters. The van der Waals surface area contributed by atoms with Gasteiger partial charge in [-0.2, -0.15) is 12.6 Å². The lowest BCUT2D eigenvalue weighted by molar-refractivity contribution is 0.667. The molecule has 0 saturated heterocycles. The molecule has 0 fully saturated rings. The van der Waals surface area contributed by atoms with Gasteiger partial charge in [0.05, 0.1) is 5.52 Å². The summed E-state index contributed by atoms with van der Waals surface area (Å²) < 4.78 is 0. The molecule has 0 aliphatic heterocycles. The molecule has 3 rings (SSSR count). The van der Waals surface area contributed by atoms with Crippen LogP contribution in [-0.2, 0) is 18.6 Å². The third-order valence-electron chi connectivity index (χ3n) is 4.22. The molecule has 2 aromatic rings. The minimum Gasteiger partial charge on any atom is -0.252 e. The van der Waals surface area contributed by atoms with Crippen LogP contribution >= 0.6 is 12.6 Å². The van der Waals surface area contributed by atoms with E-state index in [9.17, 15) is 0 Å². The second-order valence-electron chi connectivity index (χ2n) is 5.78. The molecule has 2 heteroatoms. The van der Waals surface area contributed by atoms with Gasteiger partial charge < -0.3 is 0 Å². The van der Waals surface area contributed by atoms with Crippen LogP contribution in [0.5, 0.6) is 0 Å². The van der Waals surface area contributed by atoms with Crippen LogP contribution in [0.15, 0.2) is 18.2 Å². The van der Waals surface area contributed by atoms with Crippen molar-refractivity contribution in [1.82, 2.24) is 4.98 Å². The summed E-state index contributed by atoms with van der Waals surface area (Å²) in [6.07, 6.45) is 4.89. The lowest BCUT2D eigenvalue weighted by Crippen LogP contribution is -2.10. The van der Waals surface area contributed by atoms with E-state index in [1.54, 1.807) is 0 Å². The molecule has 0 N–H and O–H groups in total. The third-order valence-corrected chi connectivity index (χ3v) is 4.54. The number of rotatable bonds is 2. The zero-order valence-corrected chi connectivity index (χ0v) is 12.6. The van der Waals surface area contributed by atoms with Crippen LogP contribution in [0.1, 0.15) is 55.0 Å². The van der Waals surface area contributed by atoms with Crippen LogP contribution < -0.4 is 0 Å². The second-order valence-corrected chi connectivity index (χ2v) is 6.10. The molecule has 1 aromatic heterocycles. The molecule has 0 saturated carbocycles. The molecule has 0 bridgehead atoms. The fourth-order valence-corrected chi connectivity index (χ4v) is 3.57. The van der Waals surface area contributed by atoms with Crippen LogP contribution in [0.25, 0.3) is 10.9 Å². The van der Waals surface area contributed by atoms with E-state index in [-0.39, 0.29) is 0 Å². The van der Waals surface area contributed by atoms with Crippen molar-refractivity contribution in [2.45, 2.75) is 51.2 Å². The molecular formula is C17H21NS. The smallest absolute Gasteiger partial charge is 0.0743 e.